The molecule has 0 unspecified atom stereocenters. The summed E-state index contributed by atoms with van der Waals surface area (Å²) in [6.07, 6.45) is 0.596. The zero-order valence-electron chi connectivity index (χ0n) is 9.39. The Kier molecular flexibility index (Phi) is 2.74. The quantitative estimate of drug-likeness (QED) is 0.645. The number of aliphatic hydroxyl groups is 1. The second-order valence-electron chi connectivity index (χ2n) is 4.32. The lowest BCUT2D eigenvalue weighted by atomic mass is 9.90. The normalized spacial score (nSPS) is 17.7. The summed E-state index contributed by atoms with van der Waals surface area (Å²) in [6.45, 7) is 2.54. The molecule has 1 N–H and O–H groups in total. The first kappa shape index (κ1) is 11.8. The number of rotatable bonds is 3. The third-order valence-corrected chi connectivity index (χ3v) is 3.10. The monoisotopic (exact) mass is 240 g/mol. The van der Waals surface area contributed by atoms with E-state index in [2.05, 4.69) is 0 Å². The zero-order valence-corrected chi connectivity index (χ0v) is 9.39. The average molecular weight is 240 g/mol. The summed E-state index contributed by atoms with van der Waals surface area (Å²) in [6, 6.07) is 3.47. The Hall–Kier alpha value is -1.69. The molecule has 0 bridgehead atoms. The van der Waals surface area contributed by atoms with Crippen molar-refractivity contribution in [3.63, 3.8) is 0 Å². The number of halogens is 1. The largest absolute Gasteiger partial charge is 0.386 e. The number of benzene rings is 1. The van der Waals surface area contributed by atoms with Gasteiger partial charge in [0, 0.05) is 13.1 Å². The predicted molar refractivity (Wildman–Crippen MR) is 60.5 cm³/mol. The van der Waals surface area contributed by atoms with Gasteiger partial charge in [-0.25, -0.2) is 4.39 Å². The molecule has 0 amide bonds. The van der Waals surface area contributed by atoms with E-state index in [1.807, 2.05) is 6.92 Å². The van der Waals surface area contributed by atoms with Gasteiger partial charge >= 0.3 is 0 Å². The van der Waals surface area contributed by atoms with Crippen molar-refractivity contribution in [3.8, 4) is 0 Å². The van der Waals surface area contributed by atoms with Crippen LogP contribution in [-0.2, 0) is 0 Å². The Labute approximate surface area is 97.6 Å². The molecule has 0 atom stereocenters. The second-order valence-corrected chi connectivity index (χ2v) is 4.32. The van der Waals surface area contributed by atoms with Crippen molar-refractivity contribution < 1.29 is 14.4 Å². The van der Waals surface area contributed by atoms with Crippen molar-refractivity contribution in [2.45, 2.75) is 18.9 Å². The molecule has 1 aromatic carbocycles. The van der Waals surface area contributed by atoms with Crippen LogP contribution >= 0.6 is 0 Å². The van der Waals surface area contributed by atoms with E-state index in [-0.39, 0.29) is 5.69 Å². The van der Waals surface area contributed by atoms with E-state index in [0.29, 0.717) is 25.2 Å². The van der Waals surface area contributed by atoms with Crippen molar-refractivity contribution in [1.82, 2.24) is 0 Å². The van der Waals surface area contributed by atoms with Gasteiger partial charge in [-0.3, -0.25) is 10.1 Å². The van der Waals surface area contributed by atoms with E-state index >= 15 is 0 Å². The van der Waals surface area contributed by atoms with Gasteiger partial charge < -0.3 is 10.0 Å². The lowest BCUT2D eigenvalue weighted by Crippen LogP contribution is -2.61. The first-order valence-corrected chi connectivity index (χ1v) is 5.36. The summed E-state index contributed by atoms with van der Waals surface area (Å²) < 4.78 is 12.9. The Bertz CT molecular complexity index is 458. The Balaban J connectivity index is 2.26. The van der Waals surface area contributed by atoms with E-state index in [4.69, 9.17) is 0 Å². The Morgan fingerprint density at radius 2 is 2.24 bits per heavy atom. The van der Waals surface area contributed by atoms with E-state index < -0.39 is 16.3 Å². The van der Waals surface area contributed by atoms with Crippen LogP contribution in [0.4, 0.5) is 15.8 Å². The molecule has 1 heterocycles. The molecular formula is C11H13FN2O3. The molecule has 1 fully saturated rings. The number of nitro benzene ring substituents is 1. The van der Waals surface area contributed by atoms with Gasteiger partial charge in [0.05, 0.1) is 16.6 Å². The first-order valence-electron chi connectivity index (χ1n) is 5.36. The molecule has 1 aliphatic heterocycles. The minimum absolute atomic E-state index is 0.261. The number of nitro groups is 1. The maximum absolute atomic E-state index is 12.9. The zero-order chi connectivity index (χ0) is 12.6. The number of β-amino-alcohol motifs (C(OH)–C–C–N with tert-alkyl or cyclic N) is 1. The van der Waals surface area contributed by atoms with Crippen LogP contribution in [0.1, 0.15) is 13.3 Å². The fourth-order valence-corrected chi connectivity index (χ4v) is 1.97. The van der Waals surface area contributed by atoms with Gasteiger partial charge in [-0.2, -0.15) is 0 Å². The van der Waals surface area contributed by atoms with Crippen molar-refractivity contribution in [2.24, 2.45) is 0 Å². The van der Waals surface area contributed by atoms with Crippen LogP contribution in [0.25, 0.3) is 0 Å². The highest BCUT2D eigenvalue weighted by molar-refractivity contribution is 5.65. The van der Waals surface area contributed by atoms with Crippen LogP contribution in [-0.4, -0.2) is 28.7 Å². The molecule has 92 valence electrons. The smallest absolute Gasteiger partial charge is 0.295 e. The summed E-state index contributed by atoms with van der Waals surface area (Å²) in [5, 5.41) is 20.6. The van der Waals surface area contributed by atoms with Crippen LogP contribution in [0.2, 0.25) is 0 Å². The minimum atomic E-state index is -0.776. The van der Waals surface area contributed by atoms with E-state index in [1.165, 1.54) is 12.1 Å². The van der Waals surface area contributed by atoms with Gasteiger partial charge in [0.1, 0.15) is 11.5 Å². The summed E-state index contributed by atoms with van der Waals surface area (Å²) in [5.41, 5.74) is -0.680. The third-order valence-electron chi connectivity index (χ3n) is 3.10. The molecule has 0 aromatic heterocycles. The highest BCUT2D eigenvalue weighted by Gasteiger charge is 2.41. The Morgan fingerprint density at radius 1 is 1.59 bits per heavy atom. The lowest BCUT2D eigenvalue weighted by molar-refractivity contribution is -0.384. The molecule has 17 heavy (non-hydrogen) atoms. The van der Waals surface area contributed by atoms with Gasteiger partial charge in [0.25, 0.3) is 5.69 Å². The van der Waals surface area contributed by atoms with Gasteiger partial charge in [-0.05, 0) is 18.6 Å². The molecule has 0 radical (unpaired) electrons. The highest BCUT2D eigenvalue weighted by atomic mass is 19.1. The molecule has 2 rings (SSSR count). The maximum atomic E-state index is 12.9. The molecule has 1 saturated heterocycles. The summed E-state index contributed by atoms with van der Waals surface area (Å²) in [5.74, 6) is -0.633. The number of hydrogen-bond acceptors (Lipinski definition) is 4. The summed E-state index contributed by atoms with van der Waals surface area (Å²) in [7, 11) is 0. The van der Waals surface area contributed by atoms with Gasteiger partial charge in [0.2, 0.25) is 0 Å². The fourth-order valence-electron chi connectivity index (χ4n) is 1.97. The Morgan fingerprint density at radius 3 is 2.76 bits per heavy atom. The number of hydrogen-bond donors (Lipinski definition) is 1. The molecular weight excluding hydrogens is 227 g/mol. The van der Waals surface area contributed by atoms with Gasteiger partial charge in [0.15, 0.2) is 0 Å². The van der Waals surface area contributed by atoms with E-state index in [9.17, 15) is 19.6 Å². The molecule has 1 aliphatic rings. The SMILES string of the molecule is CCC1(O)CN(c2ccc(F)cc2[N+](=O)[O-])C1. The minimum Gasteiger partial charge on any atom is -0.386 e. The summed E-state index contributed by atoms with van der Waals surface area (Å²) >= 11 is 0. The van der Waals surface area contributed by atoms with Crippen molar-refractivity contribution in [1.29, 1.82) is 0 Å². The predicted octanol–water partition coefficient (Wildman–Crippen LogP) is 1.69. The van der Waals surface area contributed by atoms with E-state index in [1.54, 1.807) is 4.90 Å². The third kappa shape index (κ3) is 2.08. The molecule has 5 nitrogen and oxygen atoms in total. The second kappa shape index (κ2) is 3.96. The standard InChI is InChI=1S/C11H13FN2O3/c1-2-11(15)6-13(7-11)9-4-3-8(12)5-10(9)14(16)17/h3-5,15H,2,6-7H2,1H3. The van der Waals surface area contributed by atoms with Crippen molar-refractivity contribution >= 4 is 11.4 Å². The molecule has 0 spiro atoms. The summed E-state index contributed by atoms with van der Waals surface area (Å²) in [4.78, 5) is 11.9. The number of anilines is 1. The molecule has 6 heteroatoms. The van der Waals surface area contributed by atoms with Crippen molar-refractivity contribution in [2.75, 3.05) is 18.0 Å². The van der Waals surface area contributed by atoms with Crippen LogP contribution in [0.15, 0.2) is 18.2 Å². The van der Waals surface area contributed by atoms with Crippen LogP contribution < -0.4 is 4.90 Å². The van der Waals surface area contributed by atoms with Crippen LogP contribution in [0.3, 0.4) is 0 Å². The average Bonchev–Trinajstić information content (AvgIpc) is 2.25. The van der Waals surface area contributed by atoms with Crippen LogP contribution in [0, 0.1) is 15.9 Å². The highest BCUT2D eigenvalue weighted by Crippen LogP contribution is 2.36. The van der Waals surface area contributed by atoms with Gasteiger partial charge in [-0.15, -0.1) is 0 Å². The fraction of sp³-hybridized carbons (Fsp3) is 0.455. The van der Waals surface area contributed by atoms with Crippen molar-refractivity contribution in [3.05, 3.63) is 34.1 Å². The van der Waals surface area contributed by atoms with Crippen LogP contribution in [0.5, 0.6) is 0 Å². The number of nitrogens with zero attached hydrogens (tertiary/aromatic N) is 2. The van der Waals surface area contributed by atoms with Gasteiger partial charge in [-0.1, -0.05) is 6.92 Å². The molecule has 1 aromatic rings. The first-order chi connectivity index (χ1) is 7.95. The molecule has 0 saturated carbocycles. The topological polar surface area (TPSA) is 66.6 Å². The maximum Gasteiger partial charge on any atom is 0.295 e. The molecule has 0 aliphatic carbocycles. The lowest BCUT2D eigenvalue weighted by Gasteiger charge is -2.47. The van der Waals surface area contributed by atoms with E-state index in [0.717, 1.165) is 6.07 Å².